The number of hydrogen-bond acceptors (Lipinski definition) is 2. The first kappa shape index (κ1) is 15.3. The van der Waals surface area contributed by atoms with E-state index in [0.29, 0.717) is 32.1 Å². The summed E-state index contributed by atoms with van der Waals surface area (Å²) in [5, 5.41) is 0. The number of rotatable bonds is 4. The number of piperazine rings is 1. The third kappa shape index (κ3) is 4.18. The lowest BCUT2D eigenvalue weighted by Gasteiger charge is -2.31. The summed E-state index contributed by atoms with van der Waals surface area (Å²) >= 11 is 0. The Labute approximate surface area is 126 Å². The van der Waals surface area contributed by atoms with Crippen LogP contribution in [0.2, 0.25) is 0 Å². The van der Waals surface area contributed by atoms with Gasteiger partial charge < -0.3 is 9.80 Å². The van der Waals surface area contributed by atoms with E-state index in [-0.39, 0.29) is 5.91 Å². The van der Waals surface area contributed by atoms with E-state index in [1.807, 2.05) is 18.2 Å². The number of benzene rings is 1. The third-order valence-electron chi connectivity index (χ3n) is 3.80. The van der Waals surface area contributed by atoms with Crippen LogP contribution in [0.5, 0.6) is 0 Å². The summed E-state index contributed by atoms with van der Waals surface area (Å²) in [6.07, 6.45) is 4.30. The molecule has 0 saturated carbocycles. The largest absolute Gasteiger partial charge is 0.342 e. The lowest BCUT2D eigenvalue weighted by molar-refractivity contribution is -0.130. The van der Waals surface area contributed by atoms with Crippen molar-refractivity contribution in [1.82, 2.24) is 9.80 Å². The van der Waals surface area contributed by atoms with Gasteiger partial charge in [0.15, 0.2) is 0 Å². The minimum atomic E-state index is 0.00786. The van der Waals surface area contributed by atoms with Crippen molar-refractivity contribution >= 4 is 18.4 Å². The molecular formula is C17H22N2O2. The first-order valence-electron chi connectivity index (χ1n) is 7.36. The number of nitrogens with zero attached hydrogens (tertiary/aromatic N) is 2. The fraction of sp³-hybridized carbons (Fsp3) is 0.412. The maximum Gasteiger partial charge on any atom is 0.246 e. The molecule has 1 aliphatic rings. The van der Waals surface area contributed by atoms with Crippen LogP contribution in [0.15, 0.2) is 30.3 Å². The molecule has 0 unspecified atom stereocenters. The van der Waals surface area contributed by atoms with Gasteiger partial charge in [0, 0.05) is 32.3 Å². The molecule has 1 saturated heterocycles. The summed E-state index contributed by atoms with van der Waals surface area (Å²) in [6.45, 7) is 6.77. The quantitative estimate of drug-likeness (QED) is 0.628. The monoisotopic (exact) mass is 286 g/mol. The van der Waals surface area contributed by atoms with Gasteiger partial charge in [-0.15, -0.1) is 0 Å². The summed E-state index contributed by atoms with van der Waals surface area (Å²) < 4.78 is 0. The summed E-state index contributed by atoms with van der Waals surface area (Å²) in [7, 11) is 0. The van der Waals surface area contributed by atoms with Crippen molar-refractivity contribution in [2.75, 3.05) is 26.2 Å². The molecule has 0 aliphatic carbocycles. The van der Waals surface area contributed by atoms with Crippen LogP contribution in [0, 0.1) is 0 Å². The molecule has 0 atom stereocenters. The predicted octanol–water partition coefficient (Wildman–Crippen LogP) is 2.12. The summed E-state index contributed by atoms with van der Waals surface area (Å²) in [5.41, 5.74) is 2.32. The van der Waals surface area contributed by atoms with Crippen molar-refractivity contribution in [3.8, 4) is 0 Å². The van der Waals surface area contributed by atoms with Crippen LogP contribution in [0.3, 0.4) is 0 Å². The Morgan fingerprint density at radius 3 is 2.24 bits per heavy atom. The van der Waals surface area contributed by atoms with E-state index < -0.39 is 0 Å². The Bertz CT molecular complexity index is 512. The zero-order chi connectivity index (χ0) is 15.2. The molecule has 4 nitrogen and oxygen atoms in total. The number of carbonyl (C=O) groups excluding carboxylic acids is 2. The van der Waals surface area contributed by atoms with E-state index in [1.54, 1.807) is 15.9 Å². The predicted molar refractivity (Wildman–Crippen MR) is 83.8 cm³/mol. The van der Waals surface area contributed by atoms with E-state index in [9.17, 15) is 9.59 Å². The smallest absolute Gasteiger partial charge is 0.246 e. The fourth-order valence-electron chi connectivity index (χ4n) is 2.31. The van der Waals surface area contributed by atoms with Gasteiger partial charge in [-0.1, -0.05) is 38.1 Å². The Balaban J connectivity index is 1.91. The summed E-state index contributed by atoms with van der Waals surface area (Å²) in [6, 6.07) is 8.25. The third-order valence-corrected chi connectivity index (χ3v) is 3.80. The van der Waals surface area contributed by atoms with Crippen LogP contribution in [0.25, 0.3) is 6.08 Å². The van der Waals surface area contributed by atoms with Crippen LogP contribution < -0.4 is 0 Å². The molecule has 21 heavy (non-hydrogen) atoms. The van der Waals surface area contributed by atoms with E-state index in [2.05, 4.69) is 26.0 Å². The molecule has 0 radical (unpaired) electrons. The standard InChI is InChI=1S/C17H22N2O2/c1-14(2)16-6-3-15(4-7-16)5-8-17(21)19-11-9-18(13-20)10-12-19/h3-8,13-14H,9-12H2,1-2H3/b8-5+. The SMILES string of the molecule is CC(C)c1ccc(/C=C/C(=O)N2CCN(C=O)CC2)cc1. The van der Waals surface area contributed by atoms with Crippen molar-refractivity contribution in [3.05, 3.63) is 41.5 Å². The van der Waals surface area contributed by atoms with Gasteiger partial charge in [-0.05, 0) is 23.1 Å². The Morgan fingerprint density at radius 2 is 1.71 bits per heavy atom. The molecule has 0 spiro atoms. The first-order valence-corrected chi connectivity index (χ1v) is 7.36. The molecular weight excluding hydrogens is 264 g/mol. The molecule has 0 aromatic heterocycles. The Kier molecular flexibility index (Phi) is 5.14. The average molecular weight is 286 g/mol. The average Bonchev–Trinajstić information content (AvgIpc) is 2.53. The second-order valence-corrected chi connectivity index (χ2v) is 5.62. The van der Waals surface area contributed by atoms with Crippen molar-refractivity contribution < 1.29 is 9.59 Å². The van der Waals surface area contributed by atoms with E-state index in [1.165, 1.54) is 5.56 Å². The molecule has 2 rings (SSSR count). The molecule has 1 aromatic rings. The molecule has 1 heterocycles. The molecule has 0 bridgehead atoms. The van der Waals surface area contributed by atoms with Crippen LogP contribution in [0.1, 0.15) is 30.9 Å². The Morgan fingerprint density at radius 1 is 1.10 bits per heavy atom. The van der Waals surface area contributed by atoms with E-state index in [4.69, 9.17) is 0 Å². The highest BCUT2D eigenvalue weighted by Crippen LogP contribution is 2.15. The molecule has 0 N–H and O–H groups in total. The number of amides is 2. The van der Waals surface area contributed by atoms with Crippen LogP contribution >= 0.6 is 0 Å². The number of carbonyl (C=O) groups is 2. The van der Waals surface area contributed by atoms with Crippen molar-refractivity contribution in [1.29, 1.82) is 0 Å². The van der Waals surface area contributed by atoms with Crippen molar-refractivity contribution in [2.24, 2.45) is 0 Å². The second kappa shape index (κ2) is 7.07. The lowest BCUT2D eigenvalue weighted by Crippen LogP contribution is -2.47. The van der Waals surface area contributed by atoms with Gasteiger partial charge in [-0.25, -0.2) is 0 Å². The zero-order valence-electron chi connectivity index (χ0n) is 12.7. The summed E-state index contributed by atoms with van der Waals surface area (Å²) in [4.78, 5) is 26.2. The van der Waals surface area contributed by atoms with Gasteiger partial charge in [-0.2, -0.15) is 0 Å². The maximum absolute atomic E-state index is 12.1. The highest BCUT2D eigenvalue weighted by atomic mass is 16.2. The molecule has 4 heteroatoms. The van der Waals surface area contributed by atoms with Gasteiger partial charge in [-0.3, -0.25) is 9.59 Å². The van der Waals surface area contributed by atoms with E-state index >= 15 is 0 Å². The maximum atomic E-state index is 12.1. The normalized spacial score (nSPS) is 15.8. The zero-order valence-corrected chi connectivity index (χ0v) is 12.7. The lowest BCUT2D eigenvalue weighted by atomic mass is 10.0. The Hall–Kier alpha value is -2.10. The van der Waals surface area contributed by atoms with Gasteiger partial charge in [0.05, 0.1) is 0 Å². The minimum absolute atomic E-state index is 0.00786. The van der Waals surface area contributed by atoms with Crippen LogP contribution in [0.4, 0.5) is 0 Å². The van der Waals surface area contributed by atoms with Crippen molar-refractivity contribution in [3.63, 3.8) is 0 Å². The van der Waals surface area contributed by atoms with Crippen LogP contribution in [-0.2, 0) is 9.59 Å². The highest BCUT2D eigenvalue weighted by molar-refractivity contribution is 5.91. The molecule has 2 amide bonds. The van der Waals surface area contributed by atoms with Gasteiger partial charge in [0.25, 0.3) is 0 Å². The minimum Gasteiger partial charge on any atom is -0.342 e. The van der Waals surface area contributed by atoms with Gasteiger partial charge in [0.2, 0.25) is 12.3 Å². The second-order valence-electron chi connectivity index (χ2n) is 5.62. The van der Waals surface area contributed by atoms with E-state index in [0.717, 1.165) is 12.0 Å². The first-order chi connectivity index (χ1) is 10.1. The number of hydrogen-bond donors (Lipinski definition) is 0. The topological polar surface area (TPSA) is 40.6 Å². The van der Waals surface area contributed by atoms with Gasteiger partial charge >= 0.3 is 0 Å². The molecule has 1 fully saturated rings. The molecule has 1 aromatic carbocycles. The molecule has 112 valence electrons. The van der Waals surface area contributed by atoms with Crippen LogP contribution in [-0.4, -0.2) is 48.3 Å². The fourth-order valence-corrected chi connectivity index (χ4v) is 2.31. The van der Waals surface area contributed by atoms with Crippen molar-refractivity contribution in [2.45, 2.75) is 19.8 Å². The van der Waals surface area contributed by atoms with Gasteiger partial charge in [0.1, 0.15) is 0 Å². The highest BCUT2D eigenvalue weighted by Gasteiger charge is 2.17. The molecule has 1 aliphatic heterocycles. The summed E-state index contributed by atoms with van der Waals surface area (Å²) in [5.74, 6) is 0.521.